The second-order valence-electron chi connectivity index (χ2n) is 12.2. The van der Waals surface area contributed by atoms with Gasteiger partial charge in [-0.3, -0.25) is 0 Å². The van der Waals surface area contributed by atoms with Crippen molar-refractivity contribution in [2.75, 3.05) is 7.11 Å². The van der Waals surface area contributed by atoms with Gasteiger partial charge in [0, 0.05) is 5.57 Å². The molecule has 0 bridgehead atoms. The topological polar surface area (TPSA) is 72.8 Å². The van der Waals surface area contributed by atoms with E-state index in [-0.39, 0.29) is 11.9 Å². The number of fused-ring (bicyclic) bond motifs is 4. The fraction of sp³-hybridized carbons (Fsp3) is 0.471. The number of carbonyl (C=O) groups excluding carboxylic acids is 1. The predicted molar refractivity (Wildman–Crippen MR) is 155 cm³/mol. The zero-order chi connectivity index (χ0) is 27.7. The molecule has 0 spiro atoms. The second-order valence-corrected chi connectivity index (χ2v) is 12.2. The molecule has 5 nitrogen and oxygen atoms in total. The smallest absolute Gasteiger partial charge is 0.338 e. The molecule has 2 aromatic rings. The summed E-state index contributed by atoms with van der Waals surface area (Å²) in [5.41, 5.74) is 7.72. The highest BCUT2D eigenvalue weighted by atomic mass is 16.6. The van der Waals surface area contributed by atoms with E-state index in [1.54, 1.807) is 7.11 Å². The normalized spacial score (nSPS) is 19.9. The Labute approximate surface area is 231 Å². The summed E-state index contributed by atoms with van der Waals surface area (Å²) < 4.78 is 11.2. The first-order chi connectivity index (χ1) is 18.6. The van der Waals surface area contributed by atoms with Crippen LogP contribution in [0.5, 0.6) is 5.75 Å². The number of carboxylic acid groups (broad SMARTS) is 1. The Bertz CT molecular complexity index is 1330. The second kappa shape index (κ2) is 11.0. The molecule has 2 aromatic carbocycles. The van der Waals surface area contributed by atoms with Crippen LogP contribution in [0.4, 0.5) is 0 Å². The van der Waals surface area contributed by atoms with E-state index in [9.17, 15) is 14.7 Å². The molecule has 1 atom stereocenters. The SMILES string of the molecule is COc1ccc2c(c1)C=C(C(=O)O)CCC1CCc3cc(C(=O)OC(C)(C)C)ccc3C(C3CCCCC3)=C21. The van der Waals surface area contributed by atoms with Gasteiger partial charge in [0.05, 0.1) is 12.7 Å². The standard InChI is InChI=1S/C34H40O5/c1-34(2,3)39-33(37)25-14-16-28-23(18-25)12-10-22-11-13-24(32(35)36)19-26-20-27(38-4)15-17-29(26)31(22)30(28)21-8-6-5-7-9-21/h14-22H,5-13H2,1-4H3,(H,35,36). The third-order valence-electron chi connectivity index (χ3n) is 8.42. The maximum Gasteiger partial charge on any atom is 0.338 e. The maximum absolute atomic E-state index is 13.0. The minimum absolute atomic E-state index is 0.231. The number of benzene rings is 2. The summed E-state index contributed by atoms with van der Waals surface area (Å²) in [6, 6.07) is 12.2. The van der Waals surface area contributed by atoms with Gasteiger partial charge >= 0.3 is 11.9 Å². The van der Waals surface area contributed by atoms with E-state index in [4.69, 9.17) is 9.47 Å². The lowest BCUT2D eigenvalue weighted by molar-refractivity contribution is -0.132. The molecule has 0 aromatic heterocycles. The average molecular weight is 529 g/mol. The van der Waals surface area contributed by atoms with Crippen LogP contribution in [0.25, 0.3) is 17.2 Å². The van der Waals surface area contributed by atoms with Crippen LogP contribution in [0.3, 0.4) is 0 Å². The third kappa shape index (κ3) is 5.83. The minimum Gasteiger partial charge on any atom is -0.497 e. The van der Waals surface area contributed by atoms with Crippen LogP contribution in [0, 0.1) is 11.8 Å². The molecule has 0 heterocycles. The number of methoxy groups -OCH3 is 1. The van der Waals surface area contributed by atoms with E-state index in [2.05, 4.69) is 12.1 Å². The van der Waals surface area contributed by atoms with Crippen LogP contribution in [0.1, 0.15) is 105 Å². The highest BCUT2D eigenvalue weighted by Crippen LogP contribution is 2.50. The molecule has 0 amide bonds. The molecular weight excluding hydrogens is 488 g/mol. The molecular formula is C34H40O5. The Hall–Kier alpha value is -3.34. The number of carbonyl (C=O) groups is 2. The van der Waals surface area contributed by atoms with E-state index in [1.165, 1.54) is 41.5 Å². The van der Waals surface area contributed by atoms with Crippen LogP contribution in [-0.2, 0) is 16.0 Å². The minimum atomic E-state index is -0.859. The van der Waals surface area contributed by atoms with Gasteiger partial charge in [0.1, 0.15) is 11.4 Å². The Balaban J connectivity index is 1.73. The molecule has 3 aliphatic rings. The van der Waals surface area contributed by atoms with Crippen molar-refractivity contribution in [3.05, 3.63) is 69.8 Å². The molecule has 0 saturated heterocycles. The molecule has 1 unspecified atom stereocenters. The molecule has 39 heavy (non-hydrogen) atoms. The molecule has 5 heteroatoms. The van der Waals surface area contributed by atoms with Gasteiger partial charge in [-0.1, -0.05) is 31.4 Å². The van der Waals surface area contributed by atoms with Gasteiger partial charge in [0.15, 0.2) is 0 Å². The number of aryl methyl sites for hydroxylation is 1. The van der Waals surface area contributed by atoms with E-state index in [1.807, 2.05) is 51.1 Å². The van der Waals surface area contributed by atoms with E-state index >= 15 is 0 Å². The lowest BCUT2D eigenvalue weighted by Crippen LogP contribution is -2.24. The highest BCUT2D eigenvalue weighted by molar-refractivity contribution is 6.00. The van der Waals surface area contributed by atoms with E-state index in [0.29, 0.717) is 23.5 Å². The zero-order valence-corrected chi connectivity index (χ0v) is 23.6. The molecule has 1 saturated carbocycles. The van der Waals surface area contributed by atoms with Crippen LogP contribution in [-0.4, -0.2) is 29.8 Å². The van der Waals surface area contributed by atoms with Gasteiger partial charge in [-0.15, -0.1) is 0 Å². The lowest BCUT2D eigenvalue weighted by atomic mass is 9.72. The number of hydrogen-bond donors (Lipinski definition) is 1. The summed E-state index contributed by atoms with van der Waals surface area (Å²) in [5, 5.41) is 9.96. The molecule has 1 fully saturated rings. The Morgan fingerprint density at radius 3 is 2.21 bits per heavy atom. The monoisotopic (exact) mass is 528 g/mol. The largest absolute Gasteiger partial charge is 0.497 e. The predicted octanol–water partition coefficient (Wildman–Crippen LogP) is 7.97. The first-order valence-corrected chi connectivity index (χ1v) is 14.4. The molecule has 0 radical (unpaired) electrons. The van der Waals surface area contributed by atoms with Crippen molar-refractivity contribution in [1.29, 1.82) is 0 Å². The van der Waals surface area contributed by atoms with Gasteiger partial charge in [0.25, 0.3) is 0 Å². The summed E-state index contributed by atoms with van der Waals surface area (Å²) in [5.74, 6) is 0.248. The third-order valence-corrected chi connectivity index (χ3v) is 8.42. The molecule has 206 valence electrons. The van der Waals surface area contributed by atoms with E-state index in [0.717, 1.165) is 49.0 Å². The Morgan fingerprint density at radius 1 is 0.846 bits per heavy atom. The van der Waals surface area contributed by atoms with E-state index < -0.39 is 11.6 Å². The Kier molecular flexibility index (Phi) is 7.70. The van der Waals surface area contributed by atoms with Crippen LogP contribution < -0.4 is 4.74 Å². The first-order valence-electron chi connectivity index (χ1n) is 14.4. The molecule has 0 aliphatic heterocycles. The highest BCUT2D eigenvalue weighted by Gasteiger charge is 2.33. The summed E-state index contributed by atoms with van der Waals surface area (Å²) in [6.45, 7) is 5.67. The summed E-state index contributed by atoms with van der Waals surface area (Å²) in [7, 11) is 1.64. The van der Waals surface area contributed by atoms with Gasteiger partial charge in [-0.2, -0.15) is 0 Å². The van der Waals surface area contributed by atoms with Crippen molar-refractivity contribution in [3.8, 4) is 5.75 Å². The first kappa shape index (κ1) is 27.2. The fourth-order valence-electron chi connectivity index (χ4n) is 6.64. The summed E-state index contributed by atoms with van der Waals surface area (Å²) in [4.78, 5) is 25.1. The maximum atomic E-state index is 13.0. The van der Waals surface area contributed by atoms with Crippen molar-refractivity contribution >= 4 is 29.2 Å². The molecule has 3 aliphatic carbocycles. The number of ether oxygens (including phenoxy) is 2. The van der Waals surface area contributed by atoms with Crippen molar-refractivity contribution in [2.24, 2.45) is 11.8 Å². The molecule has 5 rings (SSSR count). The van der Waals surface area contributed by atoms with Crippen LogP contribution in [0.2, 0.25) is 0 Å². The number of rotatable bonds is 4. The van der Waals surface area contributed by atoms with Crippen LogP contribution >= 0.6 is 0 Å². The van der Waals surface area contributed by atoms with Crippen molar-refractivity contribution < 1.29 is 24.2 Å². The molecule has 1 N–H and O–H groups in total. The number of carboxylic acids is 1. The van der Waals surface area contributed by atoms with Gasteiger partial charge < -0.3 is 14.6 Å². The number of esters is 1. The fourth-order valence-corrected chi connectivity index (χ4v) is 6.64. The number of hydrogen-bond acceptors (Lipinski definition) is 4. The van der Waals surface area contributed by atoms with Gasteiger partial charge in [0.2, 0.25) is 0 Å². The van der Waals surface area contributed by atoms with Gasteiger partial charge in [-0.25, -0.2) is 9.59 Å². The van der Waals surface area contributed by atoms with Crippen LogP contribution in [0.15, 0.2) is 42.0 Å². The van der Waals surface area contributed by atoms with Gasteiger partial charge in [-0.05, 0) is 135 Å². The average Bonchev–Trinajstić information content (AvgIpc) is 3.05. The number of allylic oxidation sites excluding steroid dienone is 2. The quantitative estimate of drug-likeness (QED) is 0.408. The van der Waals surface area contributed by atoms with Crippen molar-refractivity contribution in [1.82, 2.24) is 0 Å². The number of aliphatic carboxylic acids is 1. The summed E-state index contributed by atoms with van der Waals surface area (Å²) in [6.07, 6.45) is 10.9. The van der Waals surface area contributed by atoms with Crippen molar-refractivity contribution in [3.63, 3.8) is 0 Å². The summed E-state index contributed by atoms with van der Waals surface area (Å²) >= 11 is 0. The lowest BCUT2D eigenvalue weighted by Gasteiger charge is -2.32. The van der Waals surface area contributed by atoms with Crippen molar-refractivity contribution in [2.45, 2.75) is 84.2 Å². The Morgan fingerprint density at radius 2 is 1.51 bits per heavy atom. The zero-order valence-electron chi connectivity index (χ0n) is 23.6.